The molecule has 1 saturated heterocycles. The lowest BCUT2D eigenvalue weighted by Crippen LogP contribution is -2.26. The molecule has 17 heavy (non-hydrogen) atoms. The zero-order valence-electron chi connectivity index (χ0n) is 10.7. The molecule has 0 atom stereocenters. The molecule has 4 nitrogen and oxygen atoms in total. The molecule has 1 aliphatic rings. The van der Waals surface area contributed by atoms with E-state index in [2.05, 4.69) is 14.9 Å². The molecule has 2 rings (SSSR count). The second-order valence-electron chi connectivity index (χ2n) is 4.74. The lowest BCUT2D eigenvalue weighted by atomic mass is 10.2. The summed E-state index contributed by atoms with van der Waals surface area (Å²) >= 11 is 0. The van der Waals surface area contributed by atoms with E-state index in [4.69, 9.17) is 5.73 Å². The van der Waals surface area contributed by atoms with Crippen molar-refractivity contribution in [2.24, 2.45) is 5.73 Å². The Morgan fingerprint density at radius 2 is 1.88 bits per heavy atom. The van der Waals surface area contributed by atoms with E-state index in [1.807, 2.05) is 13.0 Å². The number of aromatic nitrogens is 2. The van der Waals surface area contributed by atoms with Gasteiger partial charge in [0.05, 0.1) is 0 Å². The Balaban J connectivity index is 2.17. The summed E-state index contributed by atoms with van der Waals surface area (Å²) in [4.78, 5) is 11.5. The van der Waals surface area contributed by atoms with Gasteiger partial charge in [-0.1, -0.05) is 12.8 Å². The maximum atomic E-state index is 5.59. The number of nitrogens with zero attached hydrogens (tertiary/aromatic N) is 3. The van der Waals surface area contributed by atoms with Crippen LogP contribution in [0.2, 0.25) is 0 Å². The summed E-state index contributed by atoms with van der Waals surface area (Å²) in [5, 5.41) is 0. The van der Waals surface area contributed by atoms with Gasteiger partial charge in [-0.05, 0) is 32.4 Å². The molecule has 1 aromatic heterocycles. The summed E-state index contributed by atoms with van der Waals surface area (Å²) < 4.78 is 0. The van der Waals surface area contributed by atoms with Crippen LogP contribution in [0.5, 0.6) is 0 Å². The van der Waals surface area contributed by atoms with Crippen LogP contribution in [-0.4, -0.2) is 29.6 Å². The van der Waals surface area contributed by atoms with Crippen LogP contribution >= 0.6 is 0 Å². The van der Waals surface area contributed by atoms with Gasteiger partial charge in [0.25, 0.3) is 0 Å². The molecule has 2 N–H and O–H groups in total. The second kappa shape index (κ2) is 5.96. The minimum atomic E-state index is 0.649. The highest BCUT2D eigenvalue weighted by atomic mass is 15.2. The van der Waals surface area contributed by atoms with Gasteiger partial charge in [-0.3, -0.25) is 0 Å². The fourth-order valence-electron chi connectivity index (χ4n) is 2.30. The predicted molar refractivity (Wildman–Crippen MR) is 70.2 cm³/mol. The first kappa shape index (κ1) is 12.3. The van der Waals surface area contributed by atoms with Crippen molar-refractivity contribution in [3.05, 3.63) is 17.5 Å². The summed E-state index contributed by atoms with van der Waals surface area (Å²) in [5.41, 5.74) is 7.70. The third kappa shape index (κ3) is 3.40. The molecule has 0 amide bonds. The average molecular weight is 234 g/mol. The standard InChI is InChI=1S/C13H22N4/c1-11-10-12(6-7-14)16-13(15-11)17-8-4-2-3-5-9-17/h10H,2-9,14H2,1H3. The van der Waals surface area contributed by atoms with Crippen molar-refractivity contribution < 1.29 is 0 Å². The largest absolute Gasteiger partial charge is 0.341 e. The van der Waals surface area contributed by atoms with Crippen LogP contribution in [0.15, 0.2) is 6.07 Å². The lowest BCUT2D eigenvalue weighted by Gasteiger charge is -2.21. The molecule has 0 aromatic carbocycles. The van der Waals surface area contributed by atoms with Crippen LogP contribution in [0.1, 0.15) is 37.1 Å². The van der Waals surface area contributed by atoms with E-state index in [0.717, 1.165) is 36.8 Å². The minimum absolute atomic E-state index is 0.649. The van der Waals surface area contributed by atoms with Gasteiger partial charge in [0, 0.05) is 30.9 Å². The summed E-state index contributed by atoms with van der Waals surface area (Å²) in [6.07, 6.45) is 6.01. The highest BCUT2D eigenvalue weighted by Crippen LogP contribution is 2.16. The zero-order chi connectivity index (χ0) is 12.1. The van der Waals surface area contributed by atoms with Gasteiger partial charge < -0.3 is 10.6 Å². The molecule has 0 unspecified atom stereocenters. The summed E-state index contributed by atoms with van der Waals surface area (Å²) in [6, 6.07) is 2.04. The molecule has 2 heterocycles. The second-order valence-corrected chi connectivity index (χ2v) is 4.74. The molecular formula is C13H22N4. The van der Waals surface area contributed by atoms with E-state index < -0.39 is 0 Å². The molecular weight excluding hydrogens is 212 g/mol. The van der Waals surface area contributed by atoms with Crippen molar-refractivity contribution in [2.75, 3.05) is 24.5 Å². The number of hydrogen-bond acceptors (Lipinski definition) is 4. The van der Waals surface area contributed by atoms with Gasteiger partial charge in [0.2, 0.25) is 5.95 Å². The fourth-order valence-corrected chi connectivity index (χ4v) is 2.30. The van der Waals surface area contributed by atoms with E-state index in [-0.39, 0.29) is 0 Å². The highest BCUT2D eigenvalue weighted by Gasteiger charge is 2.13. The maximum Gasteiger partial charge on any atom is 0.225 e. The first-order valence-corrected chi connectivity index (χ1v) is 6.59. The van der Waals surface area contributed by atoms with E-state index in [1.165, 1.54) is 25.7 Å². The SMILES string of the molecule is Cc1cc(CCN)nc(N2CCCCCC2)n1. The number of aryl methyl sites for hydroxylation is 1. The Morgan fingerprint density at radius 3 is 2.53 bits per heavy atom. The molecule has 1 aliphatic heterocycles. The Morgan fingerprint density at radius 1 is 1.18 bits per heavy atom. The molecule has 0 spiro atoms. The molecule has 1 fully saturated rings. The Kier molecular flexibility index (Phi) is 4.31. The van der Waals surface area contributed by atoms with Gasteiger partial charge in [0.1, 0.15) is 0 Å². The van der Waals surface area contributed by atoms with E-state index in [1.54, 1.807) is 0 Å². The van der Waals surface area contributed by atoms with Crippen molar-refractivity contribution in [3.8, 4) is 0 Å². The van der Waals surface area contributed by atoms with Crippen molar-refractivity contribution in [2.45, 2.75) is 39.0 Å². The van der Waals surface area contributed by atoms with E-state index in [9.17, 15) is 0 Å². The molecule has 1 aromatic rings. The Hall–Kier alpha value is -1.16. The predicted octanol–water partition coefficient (Wildman–Crippen LogP) is 1.67. The van der Waals surface area contributed by atoms with Gasteiger partial charge in [-0.15, -0.1) is 0 Å². The van der Waals surface area contributed by atoms with Gasteiger partial charge in [-0.2, -0.15) is 0 Å². The molecule has 0 radical (unpaired) electrons. The molecule has 94 valence electrons. The molecule has 0 saturated carbocycles. The summed E-state index contributed by atoms with van der Waals surface area (Å²) in [7, 11) is 0. The number of hydrogen-bond donors (Lipinski definition) is 1. The quantitative estimate of drug-likeness (QED) is 0.864. The highest BCUT2D eigenvalue weighted by molar-refractivity contribution is 5.32. The van der Waals surface area contributed by atoms with E-state index in [0.29, 0.717) is 6.54 Å². The normalized spacial score (nSPS) is 16.9. The maximum absolute atomic E-state index is 5.59. The first-order chi connectivity index (χ1) is 8.29. The summed E-state index contributed by atoms with van der Waals surface area (Å²) in [5.74, 6) is 0.898. The van der Waals surface area contributed by atoms with Gasteiger partial charge >= 0.3 is 0 Å². The molecule has 0 bridgehead atoms. The summed E-state index contributed by atoms with van der Waals surface area (Å²) in [6.45, 7) is 4.86. The van der Waals surface area contributed by atoms with Gasteiger partial charge in [-0.25, -0.2) is 9.97 Å². The molecule has 0 aliphatic carbocycles. The van der Waals surface area contributed by atoms with Crippen molar-refractivity contribution in [3.63, 3.8) is 0 Å². The minimum Gasteiger partial charge on any atom is -0.341 e. The number of anilines is 1. The zero-order valence-corrected chi connectivity index (χ0v) is 10.7. The monoisotopic (exact) mass is 234 g/mol. The van der Waals surface area contributed by atoms with E-state index >= 15 is 0 Å². The van der Waals surface area contributed by atoms with Crippen LogP contribution in [-0.2, 0) is 6.42 Å². The third-order valence-electron chi connectivity index (χ3n) is 3.18. The average Bonchev–Trinajstić information content (AvgIpc) is 2.57. The van der Waals surface area contributed by atoms with Crippen molar-refractivity contribution >= 4 is 5.95 Å². The number of nitrogens with two attached hydrogens (primary N) is 1. The van der Waals surface area contributed by atoms with Crippen LogP contribution in [0.4, 0.5) is 5.95 Å². The Labute approximate surface area is 103 Å². The fraction of sp³-hybridized carbons (Fsp3) is 0.692. The van der Waals surface area contributed by atoms with Crippen LogP contribution in [0.25, 0.3) is 0 Å². The third-order valence-corrected chi connectivity index (χ3v) is 3.18. The van der Waals surface area contributed by atoms with Crippen molar-refractivity contribution in [1.82, 2.24) is 9.97 Å². The topological polar surface area (TPSA) is 55.0 Å². The lowest BCUT2D eigenvalue weighted by molar-refractivity contribution is 0.726. The van der Waals surface area contributed by atoms with Crippen LogP contribution in [0, 0.1) is 6.92 Å². The molecule has 4 heteroatoms. The smallest absolute Gasteiger partial charge is 0.225 e. The van der Waals surface area contributed by atoms with Crippen LogP contribution in [0.3, 0.4) is 0 Å². The number of rotatable bonds is 3. The van der Waals surface area contributed by atoms with Crippen molar-refractivity contribution in [1.29, 1.82) is 0 Å². The van der Waals surface area contributed by atoms with Crippen LogP contribution < -0.4 is 10.6 Å². The van der Waals surface area contributed by atoms with Gasteiger partial charge in [0.15, 0.2) is 0 Å². The Bertz CT molecular complexity index is 356. The first-order valence-electron chi connectivity index (χ1n) is 6.59.